The third kappa shape index (κ3) is 6.71. The minimum absolute atomic E-state index is 0.228. The van der Waals surface area contributed by atoms with Crippen molar-refractivity contribution < 1.29 is 19.1 Å². The summed E-state index contributed by atoms with van der Waals surface area (Å²) in [5.74, 6) is -0.736. The Morgan fingerprint density at radius 3 is 2.52 bits per heavy atom. The smallest absolute Gasteiger partial charge is 0.329 e. The first-order valence-corrected chi connectivity index (χ1v) is 10.6. The molecule has 0 aromatic heterocycles. The Hall–Kier alpha value is -3.55. The van der Waals surface area contributed by atoms with Crippen LogP contribution < -0.4 is 20.2 Å². The number of benzene rings is 3. The number of halogens is 2. The summed E-state index contributed by atoms with van der Waals surface area (Å²) in [7, 11) is 1.51. The van der Waals surface area contributed by atoms with Gasteiger partial charge in [0.05, 0.1) is 13.3 Å². The molecule has 2 N–H and O–H groups in total. The largest absolute Gasteiger partial charge is 0.493 e. The van der Waals surface area contributed by atoms with Crippen molar-refractivity contribution in [2.45, 2.75) is 13.5 Å². The lowest BCUT2D eigenvalue weighted by molar-refractivity contribution is -0.136. The van der Waals surface area contributed by atoms with Gasteiger partial charge >= 0.3 is 11.8 Å². The number of nitrogens with one attached hydrogen (secondary N) is 2. The van der Waals surface area contributed by atoms with Crippen molar-refractivity contribution in [1.29, 1.82) is 0 Å². The van der Waals surface area contributed by atoms with Crippen molar-refractivity contribution in [2.24, 2.45) is 5.10 Å². The second kappa shape index (κ2) is 11.4. The lowest BCUT2D eigenvalue weighted by Gasteiger charge is -2.12. The number of anilines is 1. The minimum atomic E-state index is -0.888. The lowest BCUT2D eigenvalue weighted by Crippen LogP contribution is -2.32. The Bertz CT molecular complexity index is 1200. The van der Waals surface area contributed by atoms with Gasteiger partial charge in [0, 0.05) is 21.3 Å². The van der Waals surface area contributed by atoms with E-state index in [2.05, 4.69) is 15.8 Å². The number of para-hydroxylation sites is 1. The molecule has 3 rings (SSSR count). The first kappa shape index (κ1) is 24.1. The van der Waals surface area contributed by atoms with Crippen molar-refractivity contribution in [3.05, 3.63) is 87.4 Å². The van der Waals surface area contributed by atoms with Crippen LogP contribution in [0.5, 0.6) is 11.5 Å². The molecule has 33 heavy (non-hydrogen) atoms. The maximum atomic E-state index is 12.0. The van der Waals surface area contributed by atoms with E-state index in [0.717, 1.165) is 11.1 Å². The standard InChI is InChI=1S/C24H21Cl2N3O4/c1-15-5-3-4-6-20(15)28-23(30)24(31)29-27-13-16-7-10-21(22(11-16)32-2)33-14-17-8-9-18(25)12-19(17)26/h3-13H,14H2,1-2H3,(H,28,30)(H,29,31)/b27-13-. The number of ether oxygens (including phenoxy) is 2. The van der Waals surface area contributed by atoms with Gasteiger partial charge in [-0.3, -0.25) is 9.59 Å². The van der Waals surface area contributed by atoms with Crippen molar-refractivity contribution in [3.8, 4) is 11.5 Å². The molecule has 0 atom stereocenters. The number of carbonyl (C=O) groups excluding carboxylic acids is 2. The molecule has 9 heteroatoms. The number of aryl methyl sites for hydroxylation is 1. The van der Waals surface area contributed by atoms with Crippen LogP contribution >= 0.6 is 23.2 Å². The SMILES string of the molecule is COc1cc(/C=N\NC(=O)C(=O)Nc2ccccc2C)ccc1OCc1ccc(Cl)cc1Cl. The number of hydrazone groups is 1. The summed E-state index contributed by atoms with van der Waals surface area (Å²) in [5.41, 5.74) is 5.01. The Morgan fingerprint density at radius 1 is 1.00 bits per heavy atom. The highest BCUT2D eigenvalue weighted by Crippen LogP contribution is 2.29. The van der Waals surface area contributed by atoms with Crippen molar-refractivity contribution in [3.63, 3.8) is 0 Å². The zero-order valence-electron chi connectivity index (χ0n) is 17.9. The van der Waals surface area contributed by atoms with Crippen LogP contribution in [0.3, 0.4) is 0 Å². The molecule has 0 bridgehead atoms. The number of nitrogens with zero attached hydrogens (tertiary/aromatic N) is 1. The molecule has 0 saturated heterocycles. The van der Waals surface area contributed by atoms with Crippen LogP contribution in [0.4, 0.5) is 5.69 Å². The van der Waals surface area contributed by atoms with Crippen LogP contribution in [0.1, 0.15) is 16.7 Å². The second-order valence-electron chi connectivity index (χ2n) is 6.90. The average Bonchev–Trinajstić information content (AvgIpc) is 2.80. The molecule has 7 nitrogen and oxygen atoms in total. The summed E-state index contributed by atoms with van der Waals surface area (Å²) < 4.78 is 11.2. The highest BCUT2D eigenvalue weighted by atomic mass is 35.5. The van der Waals surface area contributed by atoms with E-state index in [1.165, 1.54) is 13.3 Å². The van der Waals surface area contributed by atoms with E-state index in [4.69, 9.17) is 32.7 Å². The van der Waals surface area contributed by atoms with E-state index in [1.54, 1.807) is 48.5 Å². The normalized spacial score (nSPS) is 10.7. The van der Waals surface area contributed by atoms with Gasteiger partial charge < -0.3 is 14.8 Å². The third-order valence-electron chi connectivity index (χ3n) is 4.57. The van der Waals surface area contributed by atoms with Gasteiger partial charge in [-0.2, -0.15) is 5.10 Å². The number of rotatable bonds is 7. The molecule has 0 aliphatic carbocycles. The van der Waals surface area contributed by atoms with Crippen LogP contribution in [0.2, 0.25) is 10.0 Å². The quantitative estimate of drug-likeness (QED) is 0.280. The Kier molecular flexibility index (Phi) is 8.29. The van der Waals surface area contributed by atoms with E-state index >= 15 is 0 Å². The van der Waals surface area contributed by atoms with Crippen LogP contribution in [-0.4, -0.2) is 25.1 Å². The number of amides is 2. The average molecular weight is 486 g/mol. The highest BCUT2D eigenvalue weighted by molar-refractivity contribution is 6.39. The number of carbonyl (C=O) groups is 2. The maximum Gasteiger partial charge on any atom is 0.329 e. The predicted octanol–water partition coefficient (Wildman–Crippen LogP) is 4.98. The van der Waals surface area contributed by atoms with Gasteiger partial charge in [-0.15, -0.1) is 0 Å². The number of hydrogen-bond acceptors (Lipinski definition) is 5. The molecule has 0 radical (unpaired) electrons. The molecule has 3 aromatic carbocycles. The molecule has 0 unspecified atom stereocenters. The zero-order chi connectivity index (χ0) is 23.8. The Morgan fingerprint density at radius 2 is 1.79 bits per heavy atom. The van der Waals surface area contributed by atoms with Gasteiger partial charge in [-0.25, -0.2) is 5.43 Å². The van der Waals surface area contributed by atoms with E-state index in [9.17, 15) is 9.59 Å². The molecular weight excluding hydrogens is 465 g/mol. The summed E-state index contributed by atoms with van der Waals surface area (Å²) in [5, 5.41) is 7.43. The molecule has 0 aliphatic rings. The lowest BCUT2D eigenvalue weighted by atomic mass is 10.2. The van der Waals surface area contributed by atoms with Crippen molar-refractivity contribution in [1.82, 2.24) is 5.43 Å². The van der Waals surface area contributed by atoms with Crippen molar-refractivity contribution in [2.75, 3.05) is 12.4 Å². The Labute approximate surface area is 201 Å². The van der Waals surface area contributed by atoms with Gasteiger partial charge in [0.2, 0.25) is 0 Å². The van der Waals surface area contributed by atoms with Gasteiger partial charge in [0.1, 0.15) is 6.61 Å². The second-order valence-corrected chi connectivity index (χ2v) is 7.75. The fourth-order valence-electron chi connectivity index (χ4n) is 2.79. The molecular formula is C24H21Cl2N3O4. The minimum Gasteiger partial charge on any atom is -0.493 e. The van der Waals surface area contributed by atoms with Crippen LogP contribution in [0.15, 0.2) is 65.8 Å². The maximum absolute atomic E-state index is 12.0. The van der Waals surface area contributed by atoms with Crippen LogP contribution in [0.25, 0.3) is 0 Å². The zero-order valence-corrected chi connectivity index (χ0v) is 19.4. The molecule has 170 valence electrons. The molecule has 0 fully saturated rings. The molecule has 0 saturated carbocycles. The topological polar surface area (TPSA) is 89.0 Å². The third-order valence-corrected chi connectivity index (χ3v) is 5.15. The summed E-state index contributed by atoms with van der Waals surface area (Å²) in [6.07, 6.45) is 1.39. The fourth-order valence-corrected chi connectivity index (χ4v) is 3.25. The summed E-state index contributed by atoms with van der Waals surface area (Å²) in [6.45, 7) is 2.06. The highest BCUT2D eigenvalue weighted by Gasteiger charge is 2.14. The summed E-state index contributed by atoms with van der Waals surface area (Å²) in [4.78, 5) is 24.0. The summed E-state index contributed by atoms with van der Waals surface area (Å²) in [6, 6.07) is 17.4. The molecule has 0 aliphatic heterocycles. The molecule has 0 heterocycles. The molecule has 3 aromatic rings. The van der Waals surface area contributed by atoms with E-state index < -0.39 is 11.8 Å². The van der Waals surface area contributed by atoms with Crippen LogP contribution in [0, 0.1) is 6.92 Å². The number of hydrogen-bond donors (Lipinski definition) is 2. The Balaban J connectivity index is 1.59. The van der Waals surface area contributed by atoms with Crippen molar-refractivity contribution >= 4 is 46.9 Å². The first-order valence-electron chi connectivity index (χ1n) is 9.82. The van der Waals surface area contributed by atoms with E-state index in [0.29, 0.717) is 32.8 Å². The predicted molar refractivity (Wildman–Crippen MR) is 129 cm³/mol. The first-order chi connectivity index (χ1) is 15.9. The monoisotopic (exact) mass is 485 g/mol. The van der Waals surface area contributed by atoms with Gasteiger partial charge in [-0.1, -0.05) is 47.5 Å². The van der Waals surface area contributed by atoms with Gasteiger partial charge in [-0.05, 0) is 54.4 Å². The van der Waals surface area contributed by atoms with Crippen LogP contribution in [-0.2, 0) is 16.2 Å². The molecule has 0 spiro atoms. The molecule has 2 amide bonds. The van der Waals surface area contributed by atoms with Gasteiger partial charge in [0.25, 0.3) is 0 Å². The fraction of sp³-hybridized carbons (Fsp3) is 0.125. The summed E-state index contributed by atoms with van der Waals surface area (Å²) >= 11 is 12.1. The van der Waals surface area contributed by atoms with E-state index in [-0.39, 0.29) is 6.61 Å². The van der Waals surface area contributed by atoms with Gasteiger partial charge in [0.15, 0.2) is 11.5 Å². The number of methoxy groups -OCH3 is 1. The van der Waals surface area contributed by atoms with E-state index in [1.807, 2.05) is 19.1 Å².